The molecule has 6 heteroatoms. The van der Waals surface area contributed by atoms with Gasteiger partial charge in [-0.25, -0.2) is 8.42 Å². The Hall–Kier alpha value is -1.11. The van der Waals surface area contributed by atoms with Gasteiger partial charge >= 0.3 is 0 Å². The van der Waals surface area contributed by atoms with Gasteiger partial charge in [-0.15, -0.1) is 0 Å². The molecule has 0 radical (unpaired) electrons. The Morgan fingerprint density at radius 3 is 2.77 bits per heavy atom. The fraction of sp³-hybridized carbons (Fsp3) is 0.700. The second-order valence-electron chi connectivity index (χ2n) is 8.22. The topological polar surface area (TPSA) is 52.7 Å². The molecule has 0 spiro atoms. The summed E-state index contributed by atoms with van der Waals surface area (Å²) in [5, 5.41) is 3.30. The van der Waals surface area contributed by atoms with Crippen molar-refractivity contribution in [3.05, 3.63) is 23.8 Å². The summed E-state index contributed by atoms with van der Waals surface area (Å²) in [5.41, 5.74) is 2.21. The van der Waals surface area contributed by atoms with Gasteiger partial charge in [-0.3, -0.25) is 0 Å². The number of rotatable bonds is 5. The summed E-state index contributed by atoms with van der Waals surface area (Å²) in [6, 6.07) is 5.75. The average molecular weight is 378 g/mol. The van der Waals surface area contributed by atoms with Crippen LogP contribution in [0.1, 0.15) is 44.6 Å². The van der Waals surface area contributed by atoms with E-state index in [4.69, 9.17) is 0 Å². The Kier molecular flexibility index (Phi) is 5.26. The fourth-order valence-electron chi connectivity index (χ4n) is 4.60. The molecule has 0 aliphatic carbocycles. The van der Waals surface area contributed by atoms with Crippen LogP contribution in [-0.2, 0) is 16.4 Å². The third-order valence-corrected chi connectivity index (χ3v) is 8.32. The van der Waals surface area contributed by atoms with Crippen molar-refractivity contribution in [3.63, 3.8) is 0 Å². The number of fused-ring (bicyclic) bond motifs is 1. The fourth-order valence-corrected chi connectivity index (χ4v) is 6.35. The molecule has 3 heterocycles. The molecular weight excluding hydrogens is 346 g/mol. The predicted molar refractivity (Wildman–Crippen MR) is 105 cm³/mol. The minimum Gasteiger partial charge on any atom is -0.384 e. The molecule has 144 valence electrons. The van der Waals surface area contributed by atoms with Crippen molar-refractivity contribution in [1.29, 1.82) is 0 Å². The van der Waals surface area contributed by atoms with E-state index >= 15 is 0 Å². The number of hydrogen-bond donors (Lipinski definition) is 1. The van der Waals surface area contributed by atoms with E-state index in [1.54, 1.807) is 10.4 Å². The number of hydrogen-bond acceptors (Lipinski definition) is 4. The maximum absolute atomic E-state index is 13.2. The van der Waals surface area contributed by atoms with E-state index in [1.165, 1.54) is 18.4 Å². The van der Waals surface area contributed by atoms with E-state index in [0.29, 0.717) is 11.4 Å². The van der Waals surface area contributed by atoms with Gasteiger partial charge in [0.1, 0.15) is 0 Å². The summed E-state index contributed by atoms with van der Waals surface area (Å²) in [6.45, 7) is 7.24. The summed E-state index contributed by atoms with van der Waals surface area (Å²) in [7, 11) is -3.40. The van der Waals surface area contributed by atoms with E-state index in [0.717, 1.165) is 63.5 Å². The minimum absolute atomic E-state index is 0.153. The number of piperidine rings is 1. The Bertz CT molecular complexity index is 741. The van der Waals surface area contributed by atoms with Crippen LogP contribution in [0.3, 0.4) is 0 Å². The molecule has 0 saturated carbocycles. The summed E-state index contributed by atoms with van der Waals surface area (Å²) < 4.78 is 28.2. The second kappa shape index (κ2) is 7.49. The van der Waals surface area contributed by atoms with Crippen LogP contribution in [0.5, 0.6) is 0 Å². The molecule has 3 aliphatic heterocycles. The molecule has 5 nitrogen and oxygen atoms in total. The normalized spacial score (nSPS) is 25.3. The molecule has 1 aromatic carbocycles. The van der Waals surface area contributed by atoms with Crippen molar-refractivity contribution < 1.29 is 8.42 Å². The smallest absolute Gasteiger partial charge is 0.243 e. The van der Waals surface area contributed by atoms with Crippen LogP contribution in [0.2, 0.25) is 0 Å². The van der Waals surface area contributed by atoms with Gasteiger partial charge in [0, 0.05) is 24.8 Å². The van der Waals surface area contributed by atoms with Crippen LogP contribution in [0.4, 0.5) is 5.69 Å². The Labute approximate surface area is 157 Å². The lowest BCUT2D eigenvalue weighted by molar-refractivity contribution is 0.179. The first-order valence-electron chi connectivity index (χ1n) is 10.1. The highest BCUT2D eigenvalue weighted by atomic mass is 32.2. The van der Waals surface area contributed by atoms with Crippen molar-refractivity contribution >= 4 is 15.7 Å². The van der Waals surface area contributed by atoms with Gasteiger partial charge in [0.25, 0.3) is 0 Å². The Balaban J connectivity index is 1.43. The van der Waals surface area contributed by atoms with Crippen molar-refractivity contribution in [2.75, 3.05) is 38.0 Å². The molecule has 0 unspecified atom stereocenters. The van der Waals surface area contributed by atoms with Gasteiger partial charge in [0.2, 0.25) is 10.0 Å². The SMILES string of the molecule is CC1CCN(CC[C@H]2CCCN2S(=O)(=O)c2ccc3c(c2)NCC3)CC1. The molecule has 0 bridgehead atoms. The highest BCUT2D eigenvalue weighted by molar-refractivity contribution is 7.89. The van der Waals surface area contributed by atoms with Crippen molar-refractivity contribution in [2.24, 2.45) is 5.92 Å². The molecular formula is C20H31N3O2S. The largest absolute Gasteiger partial charge is 0.384 e. The molecule has 2 fully saturated rings. The third kappa shape index (κ3) is 3.64. The van der Waals surface area contributed by atoms with Gasteiger partial charge in [-0.2, -0.15) is 4.31 Å². The van der Waals surface area contributed by atoms with Crippen LogP contribution < -0.4 is 5.32 Å². The van der Waals surface area contributed by atoms with E-state index in [-0.39, 0.29) is 6.04 Å². The van der Waals surface area contributed by atoms with Crippen LogP contribution in [-0.4, -0.2) is 56.4 Å². The van der Waals surface area contributed by atoms with Crippen molar-refractivity contribution in [1.82, 2.24) is 9.21 Å². The highest BCUT2D eigenvalue weighted by Crippen LogP contribution is 2.31. The molecule has 3 aliphatic rings. The van der Waals surface area contributed by atoms with Crippen LogP contribution in [0, 0.1) is 5.92 Å². The molecule has 1 atom stereocenters. The number of likely N-dealkylation sites (tertiary alicyclic amines) is 1. The Morgan fingerprint density at radius 1 is 1.15 bits per heavy atom. The summed E-state index contributed by atoms with van der Waals surface area (Å²) in [6.07, 6.45) is 6.45. The van der Waals surface area contributed by atoms with Gasteiger partial charge in [-0.05, 0) is 81.8 Å². The van der Waals surface area contributed by atoms with Gasteiger partial charge in [0.15, 0.2) is 0 Å². The number of nitrogens with zero attached hydrogens (tertiary/aromatic N) is 2. The Morgan fingerprint density at radius 2 is 1.96 bits per heavy atom. The number of sulfonamides is 1. The maximum Gasteiger partial charge on any atom is 0.243 e. The molecule has 1 aromatic rings. The molecule has 26 heavy (non-hydrogen) atoms. The maximum atomic E-state index is 13.2. The van der Waals surface area contributed by atoms with Gasteiger partial charge in [-0.1, -0.05) is 13.0 Å². The monoisotopic (exact) mass is 377 g/mol. The van der Waals surface area contributed by atoms with E-state index in [2.05, 4.69) is 17.1 Å². The lowest BCUT2D eigenvalue weighted by Gasteiger charge is -2.32. The first-order valence-corrected chi connectivity index (χ1v) is 11.6. The summed E-state index contributed by atoms with van der Waals surface area (Å²) >= 11 is 0. The van der Waals surface area contributed by atoms with E-state index in [1.807, 2.05) is 12.1 Å². The predicted octanol–water partition coefficient (Wildman–Crippen LogP) is 2.93. The lowest BCUT2D eigenvalue weighted by atomic mass is 9.99. The molecule has 0 amide bonds. The molecule has 1 N–H and O–H groups in total. The molecule has 0 aromatic heterocycles. The first kappa shape index (κ1) is 18.3. The highest BCUT2D eigenvalue weighted by Gasteiger charge is 2.35. The zero-order valence-corrected chi connectivity index (χ0v) is 16.6. The summed E-state index contributed by atoms with van der Waals surface area (Å²) in [5.74, 6) is 0.836. The minimum atomic E-state index is -3.40. The first-order chi connectivity index (χ1) is 12.5. The van der Waals surface area contributed by atoms with Crippen LogP contribution >= 0.6 is 0 Å². The number of nitrogens with one attached hydrogen (secondary N) is 1. The zero-order valence-electron chi connectivity index (χ0n) is 15.8. The van der Waals surface area contributed by atoms with Gasteiger partial charge < -0.3 is 10.2 Å². The third-order valence-electron chi connectivity index (χ3n) is 6.38. The standard InChI is InChI=1S/C20H31N3O2S/c1-16-7-12-22(13-8-16)14-9-18-3-2-11-23(18)26(24,25)19-5-4-17-6-10-21-20(17)15-19/h4-5,15-16,18,21H,2-3,6-14H2,1H3/t18-/m1/s1. The zero-order chi connectivity index (χ0) is 18.1. The van der Waals surface area contributed by atoms with E-state index < -0.39 is 10.0 Å². The number of benzene rings is 1. The summed E-state index contributed by atoms with van der Waals surface area (Å²) in [4.78, 5) is 2.96. The van der Waals surface area contributed by atoms with Crippen molar-refractivity contribution in [3.8, 4) is 0 Å². The quantitative estimate of drug-likeness (QED) is 0.857. The van der Waals surface area contributed by atoms with Crippen LogP contribution in [0.25, 0.3) is 0 Å². The second-order valence-corrected chi connectivity index (χ2v) is 10.1. The average Bonchev–Trinajstić information content (AvgIpc) is 3.30. The lowest BCUT2D eigenvalue weighted by Crippen LogP contribution is -2.40. The molecule has 4 rings (SSSR count). The van der Waals surface area contributed by atoms with Crippen LogP contribution in [0.15, 0.2) is 23.1 Å². The number of anilines is 1. The van der Waals surface area contributed by atoms with Gasteiger partial charge in [0.05, 0.1) is 4.90 Å². The van der Waals surface area contributed by atoms with Crippen molar-refractivity contribution in [2.45, 2.75) is 56.4 Å². The van der Waals surface area contributed by atoms with E-state index in [9.17, 15) is 8.42 Å². The molecule has 2 saturated heterocycles.